The first-order valence-corrected chi connectivity index (χ1v) is 11.2. The molecule has 0 saturated carbocycles. The van der Waals surface area contributed by atoms with Gasteiger partial charge in [-0.2, -0.15) is 0 Å². The van der Waals surface area contributed by atoms with Crippen molar-refractivity contribution in [2.45, 2.75) is 20.5 Å². The Kier molecular flexibility index (Phi) is 6.60. The third-order valence-corrected chi connectivity index (χ3v) is 5.78. The zero-order valence-corrected chi connectivity index (χ0v) is 20.2. The molecule has 1 heterocycles. The van der Waals surface area contributed by atoms with E-state index in [0.29, 0.717) is 24.0 Å². The summed E-state index contributed by atoms with van der Waals surface area (Å²) in [6.07, 6.45) is 1.69. The molecule has 1 aliphatic heterocycles. The number of nitrogens with zero attached hydrogens (tertiary/aromatic N) is 1. The van der Waals surface area contributed by atoms with E-state index in [0.717, 1.165) is 25.8 Å². The van der Waals surface area contributed by atoms with Gasteiger partial charge in [-0.25, -0.2) is 9.79 Å². The van der Waals surface area contributed by atoms with Gasteiger partial charge in [0.2, 0.25) is 5.90 Å². The van der Waals surface area contributed by atoms with Crippen LogP contribution in [0.1, 0.15) is 27.8 Å². The number of methoxy groups -OCH3 is 1. The summed E-state index contributed by atoms with van der Waals surface area (Å²) in [6, 6.07) is 19.6. The zero-order chi connectivity index (χ0) is 22.7. The van der Waals surface area contributed by atoms with Crippen molar-refractivity contribution in [3.05, 3.63) is 97.7 Å². The predicted octanol–water partition coefficient (Wildman–Crippen LogP) is 5.84. The van der Waals surface area contributed by atoms with Crippen LogP contribution in [0.15, 0.2) is 71.4 Å². The molecule has 162 valence electrons. The summed E-state index contributed by atoms with van der Waals surface area (Å²) in [4.78, 5) is 16.7. The lowest BCUT2D eigenvalue weighted by molar-refractivity contribution is -0.129. The van der Waals surface area contributed by atoms with E-state index >= 15 is 0 Å². The van der Waals surface area contributed by atoms with Gasteiger partial charge in [-0.1, -0.05) is 47.5 Å². The largest absolute Gasteiger partial charge is 0.493 e. The molecule has 1 aliphatic rings. The second-order valence-electron chi connectivity index (χ2n) is 7.51. The average molecular weight is 539 g/mol. The summed E-state index contributed by atoms with van der Waals surface area (Å²) in [5.41, 5.74) is 5.19. The fraction of sp³-hybridized carbons (Fsp3) is 0.154. The van der Waals surface area contributed by atoms with Gasteiger partial charge < -0.3 is 14.2 Å². The molecule has 6 heteroatoms. The Balaban J connectivity index is 1.58. The lowest BCUT2D eigenvalue weighted by Gasteiger charge is -2.14. The van der Waals surface area contributed by atoms with Gasteiger partial charge in [0.05, 0.1) is 10.7 Å². The highest BCUT2D eigenvalue weighted by atomic mass is 127. The van der Waals surface area contributed by atoms with Crippen molar-refractivity contribution < 1.29 is 19.0 Å². The topological polar surface area (TPSA) is 57.1 Å². The average Bonchev–Trinajstić information content (AvgIpc) is 3.14. The SMILES string of the molecule is COc1cc(/C=C2\N=C(c3ccc(C)cc3)OC2=O)cc(I)c1OCc1ccc(C)cc1. The van der Waals surface area contributed by atoms with Crippen molar-refractivity contribution in [1.82, 2.24) is 0 Å². The van der Waals surface area contributed by atoms with Crippen molar-refractivity contribution in [3.8, 4) is 11.5 Å². The number of hydrogen-bond donors (Lipinski definition) is 0. The monoisotopic (exact) mass is 539 g/mol. The van der Waals surface area contributed by atoms with E-state index in [1.807, 2.05) is 55.5 Å². The van der Waals surface area contributed by atoms with Crippen LogP contribution < -0.4 is 9.47 Å². The van der Waals surface area contributed by atoms with Gasteiger partial charge in [-0.05, 0) is 77.9 Å². The fourth-order valence-electron chi connectivity index (χ4n) is 3.19. The van der Waals surface area contributed by atoms with E-state index < -0.39 is 5.97 Å². The van der Waals surface area contributed by atoms with Gasteiger partial charge in [0.1, 0.15) is 6.61 Å². The van der Waals surface area contributed by atoms with Crippen LogP contribution in [-0.2, 0) is 16.1 Å². The number of cyclic esters (lactones) is 1. The molecule has 0 unspecified atom stereocenters. The number of aryl methyl sites for hydroxylation is 2. The van der Waals surface area contributed by atoms with E-state index in [4.69, 9.17) is 14.2 Å². The van der Waals surface area contributed by atoms with Gasteiger partial charge >= 0.3 is 5.97 Å². The first kappa shape index (κ1) is 22.1. The van der Waals surface area contributed by atoms with Crippen LogP contribution >= 0.6 is 22.6 Å². The van der Waals surface area contributed by atoms with Crippen molar-refractivity contribution in [2.75, 3.05) is 7.11 Å². The molecule has 0 saturated heterocycles. The van der Waals surface area contributed by atoms with Crippen molar-refractivity contribution >= 4 is 40.5 Å². The maximum atomic E-state index is 12.4. The number of carbonyl (C=O) groups excluding carboxylic acids is 1. The molecule has 3 aromatic carbocycles. The quantitative estimate of drug-likeness (QED) is 0.225. The minimum absolute atomic E-state index is 0.242. The smallest absolute Gasteiger partial charge is 0.363 e. The molecule has 0 aromatic heterocycles. The number of halogens is 1. The van der Waals surface area contributed by atoms with E-state index in [2.05, 4.69) is 46.6 Å². The molecule has 0 atom stereocenters. The minimum atomic E-state index is -0.478. The van der Waals surface area contributed by atoms with Crippen molar-refractivity contribution in [1.29, 1.82) is 0 Å². The molecule has 0 spiro atoms. The Labute approximate surface area is 200 Å². The Morgan fingerprint density at radius 2 is 1.66 bits per heavy atom. The van der Waals surface area contributed by atoms with Crippen molar-refractivity contribution in [3.63, 3.8) is 0 Å². The lowest BCUT2D eigenvalue weighted by Crippen LogP contribution is -2.05. The third kappa shape index (κ3) is 5.02. The standard InChI is InChI=1S/C26H22INO4/c1-16-4-8-18(9-5-16)15-31-24-21(27)12-19(14-23(24)30-3)13-22-26(29)32-25(28-22)20-10-6-17(2)7-11-20/h4-14H,15H2,1-3H3/b22-13-. The summed E-state index contributed by atoms with van der Waals surface area (Å²) < 4.78 is 17.8. The summed E-state index contributed by atoms with van der Waals surface area (Å²) in [7, 11) is 1.60. The number of benzene rings is 3. The van der Waals surface area contributed by atoms with Crippen LogP contribution in [0, 0.1) is 17.4 Å². The van der Waals surface area contributed by atoms with Crippen LogP contribution in [0.2, 0.25) is 0 Å². The molecule has 0 aliphatic carbocycles. The van der Waals surface area contributed by atoms with Gasteiger partial charge in [-0.15, -0.1) is 0 Å². The highest BCUT2D eigenvalue weighted by Crippen LogP contribution is 2.35. The molecule has 0 bridgehead atoms. The van der Waals surface area contributed by atoms with Crippen LogP contribution in [0.4, 0.5) is 0 Å². The second kappa shape index (κ2) is 9.56. The number of aliphatic imine (C=N–C) groups is 1. The van der Waals surface area contributed by atoms with Gasteiger partial charge in [0, 0.05) is 5.56 Å². The lowest BCUT2D eigenvalue weighted by atomic mass is 10.1. The highest BCUT2D eigenvalue weighted by molar-refractivity contribution is 14.1. The van der Waals surface area contributed by atoms with Crippen LogP contribution in [0.25, 0.3) is 6.08 Å². The molecular weight excluding hydrogens is 517 g/mol. The van der Waals surface area contributed by atoms with E-state index in [9.17, 15) is 4.79 Å². The number of esters is 1. The van der Waals surface area contributed by atoms with Gasteiger partial charge in [0.25, 0.3) is 0 Å². The maximum absolute atomic E-state index is 12.4. The summed E-state index contributed by atoms with van der Waals surface area (Å²) >= 11 is 2.21. The molecule has 0 radical (unpaired) electrons. The number of hydrogen-bond acceptors (Lipinski definition) is 5. The third-order valence-electron chi connectivity index (χ3n) is 4.98. The van der Waals surface area contributed by atoms with E-state index in [1.165, 1.54) is 5.56 Å². The molecular formula is C26H22INO4. The number of rotatable bonds is 6. The molecule has 0 fully saturated rings. The Morgan fingerprint density at radius 1 is 1.00 bits per heavy atom. The highest BCUT2D eigenvalue weighted by Gasteiger charge is 2.24. The summed E-state index contributed by atoms with van der Waals surface area (Å²) in [5, 5.41) is 0. The zero-order valence-electron chi connectivity index (χ0n) is 18.0. The maximum Gasteiger partial charge on any atom is 0.363 e. The molecule has 0 amide bonds. The fourth-order valence-corrected chi connectivity index (χ4v) is 3.97. The molecule has 4 rings (SSSR count). The van der Waals surface area contributed by atoms with Gasteiger partial charge in [0.15, 0.2) is 17.2 Å². The second-order valence-corrected chi connectivity index (χ2v) is 8.67. The summed E-state index contributed by atoms with van der Waals surface area (Å²) in [6.45, 7) is 4.49. The Morgan fingerprint density at radius 3 is 2.31 bits per heavy atom. The Bertz CT molecular complexity index is 1210. The Hall–Kier alpha value is -3.13. The number of carbonyl (C=O) groups is 1. The first-order valence-electron chi connectivity index (χ1n) is 10.1. The van der Waals surface area contributed by atoms with E-state index in [1.54, 1.807) is 13.2 Å². The molecule has 0 N–H and O–H groups in total. The summed E-state index contributed by atoms with van der Waals surface area (Å²) in [5.74, 6) is 1.08. The predicted molar refractivity (Wildman–Crippen MR) is 133 cm³/mol. The normalized spacial score (nSPS) is 14.3. The van der Waals surface area contributed by atoms with E-state index in [-0.39, 0.29) is 5.70 Å². The molecule has 32 heavy (non-hydrogen) atoms. The van der Waals surface area contributed by atoms with Crippen LogP contribution in [-0.4, -0.2) is 19.0 Å². The van der Waals surface area contributed by atoms with Crippen LogP contribution in [0.3, 0.4) is 0 Å². The molecule has 5 nitrogen and oxygen atoms in total. The molecule has 3 aromatic rings. The minimum Gasteiger partial charge on any atom is -0.493 e. The van der Waals surface area contributed by atoms with Crippen molar-refractivity contribution in [2.24, 2.45) is 4.99 Å². The van der Waals surface area contributed by atoms with Gasteiger partial charge in [-0.3, -0.25) is 0 Å². The first-order chi connectivity index (χ1) is 15.4. The van der Waals surface area contributed by atoms with Crippen LogP contribution in [0.5, 0.6) is 11.5 Å². The number of ether oxygens (including phenoxy) is 3.